The highest BCUT2D eigenvalue weighted by atomic mass is 16.5. The molecule has 1 fully saturated rings. The van der Waals surface area contributed by atoms with E-state index in [1.807, 2.05) is 42.5 Å². The van der Waals surface area contributed by atoms with Gasteiger partial charge in [-0.05, 0) is 42.7 Å². The van der Waals surface area contributed by atoms with Gasteiger partial charge in [0.1, 0.15) is 6.04 Å². The highest BCUT2D eigenvalue weighted by Gasteiger charge is 2.30. The van der Waals surface area contributed by atoms with Crippen molar-refractivity contribution in [1.82, 2.24) is 9.80 Å². The second kappa shape index (κ2) is 9.82. The number of ether oxygens (including phenoxy) is 1. The van der Waals surface area contributed by atoms with Gasteiger partial charge in [0.25, 0.3) is 0 Å². The molecule has 1 heterocycles. The molecule has 1 amide bonds. The van der Waals surface area contributed by atoms with Gasteiger partial charge in [0.15, 0.2) is 0 Å². The molecular formula is C23H31N3O2. The van der Waals surface area contributed by atoms with Gasteiger partial charge in [-0.2, -0.15) is 0 Å². The third-order valence-electron chi connectivity index (χ3n) is 5.24. The van der Waals surface area contributed by atoms with Crippen LogP contribution in [0.25, 0.3) is 0 Å². The molecule has 150 valence electrons. The normalized spacial score (nSPS) is 16.7. The number of aryl methyl sites for hydroxylation is 2. The minimum atomic E-state index is -0.286. The molecular weight excluding hydrogens is 350 g/mol. The molecule has 1 saturated heterocycles. The fourth-order valence-corrected chi connectivity index (χ4v) is 3.89. The lowest BCUT2D eigenvalue weighted by atomic mass is 10.0. The Morgan fingerprint density at radius 1 is 1.04 bits per heavy atom. The van der Waals surface area contributed by atoms with Crippen molar-refractivity contribution < 1.29 is 9.53 Å². The molecule has 3 rings (SSSR count). The zero-order valence-electron chi connectivity index (χ0n) is 17.1. The molecule has 1 aliphatic heterocycles. The van der Waals surface area contributed by atoms with Crippen LogP contribution in [-0.4, -0.2) is 62.1 Å². The molecule has 0 aromatic heterocycles. The maximum absolute atomic E-state index is 13.3. The lowest BCUT2D eigenvalue weighted by molar-refractivity contribution is -0.122. The Kier molecular flexibility index (Phi) is 7.20. The number of benzene rings is 2. The van der Waals surface area contributed by atoms with Gasteiger partial charge in [-0.25, -0.2) is 0 Å². The van der Waals surface area contributed by atoms with Crippen LogP contribution in [0.5, 0.6) is 0 Å². The molecule has 0 unspecified atom stereocenters. The van der Waals surface area contributed by atoms with Gasteiger partial charge in [0.2, 0.25) is 5.91 Å². The van der Waals surface area contributed by atoms with Gasteiger partial charge < -0.3 is 10.1 Å². The lowest BCUT2D eigenvalue weighted by Gasteiger charge is -2.38. The molecule has 0 aliphatic carbocycles. The summed E-state index contributed by atoms with van der Waals surface area (Å²) in [6.07, 6.45) is 0. The second-order valence-corrected chi connectivity index (χ2v) is 7.55. The topological polar surface area (TPSA) is 44.8 Å². The van der Waals surface area contributed by atoms with E-state index in [4.69, 9.17) is 4.74 Å². The van der Waals surface area contributed by atoms with E-state index < -0.39 is 0 Å². The van der Waals surface area contributed by atoms with E-state index in [2.05, 4.69) is 35.0 Å². The minimum absolute atomic E-state index is 0.0292. The van der Waals surface area contributed by atoms with Crippen LogP contribution in [0.4, 0.5) is 5.69 Å². The SMILES string of the molecule is COCCN1CCN([C@H](C(=O)Nc2cc(C)cc(C)c2)c2ccccc2)CC1. The Labute approximate surface area is 168 Å². The molecule has 1 atom stereocenters. The average molecular weight is 382 g/mol. The summed E-state index contributed by atoms with van der Waals surface area (Å²) in [7, 11) is 1.74. The molecule has 0 bridgehead atoms. The monoisotopic (exact) mass is 381 g/mol. The van der Waals surface area contributed by atoms with Crippen LogP contribution < -0.4 is 5.32 Å². The molecule has 5 nitrogen and oxygen atoms in total. The molecule has 0 saturated carbocycles. The van der Waals surface area contributed by atoms with E-state index in [0.29, 0.717) is 0 Å². The number of nitrogens with zero attached hydrogens (tertiary/aromatic N) is 2. The first-order valence-electron chi connectivity index (χ1n) is 9.96. The predicted octanol–water partition coefficient (Wildman–Crippen LogP) is 3.25. The van der Waals surface area contributed by atoms with Crippen LogP contribution >= 0.6 is 0 Å². The van der Waals surface area contributed by atoms with E-state index in [1.54, 1.807) is 7.11 Å². The van der Waals surface area contributed by atoms with Crippen molar-refractivity contribution in [1.29, 1.82) is 0 Å². The smallest absolute Gasteiger partial charge is 0.246 e. The van der Waals surface area contributed by atoms with E-state index in [-0.39, 0.29) is 11.9 Å². The molecule has 1 N–H and O–H groups in total. The Balaban J connectivity index is 1.75. The van der Waals surface area contributed by atoms with Crippen LogP contribution in [-0.2, 0) is 9.53 Å². The van der Waals surface area contributed by atoms with Crippen molar-refractivity contribution in [2.75, 3.05) is 51.8 Å². The quantitative estimate of drug-likeness (QED) is 0.800. The molecule has 0 spiro atoms. The second-order valence-electron chi connectivity index (χ2n) is 7.55. The van der Waals surface area contributed by atoms with Gasteiger partial charge >= 0.3 is 0 Å². The number of nitrogens with one attached hydrogen (secondary N) is 1. The summed E-state index contributed by atoms with van der Waals surface area (Å²) in [5.74, 6) is 0.0292. The number of methoxy groups -OCH3 is 1. The fraction of sp³-hybridized carbons (Fsp3) is 0.435. The number of carbonyl (C=O) groups excluding carboxylic acids is 1. The number of piperazine rings is 1. The first-order chi connectivity index (χ1) is 13.6. The number of carbonyl (C=O) groups is 1. The van der Waals surface area contributed by atoms with Crippen LogP contribution in [0.15, 0.2) is 48.5 Å². The minimum Gasteiger partial charge on any atom is -0.383 e. The van der Waals surface area contributed by atoms with Crippen LogP contribution in [0.1, 0.15) is 22.7 Å². The standard InChI is InChI=1S/C23H31N3O2/c1-18-15-19(2)17-21(16-18)24-23(27)22(20-7-5-4-6-8-20)26-11-9-25(10-12-26)13-14-28-3/h4-8,15-17,22H,9-14H2,1-3H3,(H,24,27)/t22-/m0/s1. The van der Waals surface area contributed by atoms with E-state index in [0.717, 1.165) is 61.7 Å². The van der Waals surface area contributed by atoms with Crippen molar-refractivity contribution in [2.24, 2.45) is 0 Å². The average Bonchev–Trinajstić information content (AvgIpc) is 2.67. The molecule has 5 heteroatoms. The Hall–Kier alpha value is -2.21. The fourth-order valence-electron chi connectivity index (χ4n) is 3.89. The van der Waals surface area contributed by atoms with E-state index in [9.17, 15) is 4.79 Å². The lowest BCUT2D eigenvalue weighted by Crippen LogP contribution is -2.50. The Morgan fingerprint density at radius 2 is 1.68 bits per heavy atom. The van der Waals surface area contributed by atoms with Crippen molar-refractivity contribution in [3.05, 3.63) is 65.2 Å². The van der Waals surface area contributed by atoms with Gasteiger partial charge in [-0.1, -0.05) is 36.4 Å². The summed E-state index contributed by atoms with van der Waals surface area (Å²) < 4.78 is 5.19. The third-order valence-corrected chi connectivity index (χ3v) is 5.24. The summed E-state index contributed by atoms with van der Waals surface area (Å²) in [6, 6.07) is 16.0. The highest BCUT2D eigenvalue weighted by molar-refractivity contribution is 5.95. The molecule has 2 aromatic rings. The summed E-state index contributed by atoms with van der Waals surface area (Å²) in [5, 5.41) is 3.15. The molecule has 1 aliphatic rings. The number of amides is 1. The Bertz CT molecular complexity index is 750. The highest BCUT2D eigenvalue weighted by Crippen LogP contribution is 2.25. The number of anilines is 1. The van der Waals surface area contributed by atoms with Gasteiger partial charge in [-0.3, -0.25) is 14.6 Å². The maximum Gasteiger partial charge on any atom is 0.246 e. The molecule has 2 aromatic carbocycles. The van der Waals surface area contributed by atoms with Gasteiger partial charge in [0, 0.05) is 45.5 Å². The largest absolute Gasteiger partial charge is 0.383 e. The van der Waals surface area contributed by atoms with Crippen LogP contribution in [0, 0.1) is 13.8 Å². The maximum atomic E-state index is 13.3. The number of rotatable bonds is 7. The number of hydrogen-bond donors (Lipinski definition) is 1. The van der Waals surface area contributed by atoms with Crippen molar-refractivity contribution in [3.63, 3.8) is 0 Å². The molecule has 28 heavy (non-hydrogen) atoms. The zero-order valence-corrected chi connectivity index (χ0v) is 17.1. The summed E-state index contributed by atoms with van der Waals surface area (Å²) in [5.41, 5.74) is 4.20. The van der Waals surface area contributed by atoms with E-state index >= 15 is 0 Å². The summed E-state index contributed by atoms with van der Waals surface area (Å²) in [6.45, 7) is 9.41. The van der Waals surface area contributed by atoms with Crippen LogP contribution in [0.3, 0.4) is 0 Å². The summed E-state index contributed by atoms with van der Waals surface area (Å²) >= 11 is 0. The number of hydrogen-bond acceptors (Lipinski definition) is 4. The molecule has 0 radical (unpaired) electrons. The van der Waals surface area contributed by atoms with Gasteiger partial charge in [-0.15, -0.1) is 0 Å². The zero-order chi connectivity index (χ0) is 19.9. The first-order valence-corrected chi connectivity index (χ1v) is 9.96. The van der Waals surface area contributed by atoms with Crippen molar-refractivity contribution >= 4 is 11.6 Å². The first kappa shape index (κ1) is 20.5. The van der Waals surface area contributed by atoms with Crippen LogP contribution in [0.2, 0.25) is 0 Å². The van der Waals surface area contributed by atoms with Crippen molar-refractivity contribution in [3.8, 4) is 0 Å². The van der Waals surface area contributed by atoms with Crippen molar-refractivity contribution in [2.45, 2.75) is 19.9 Å². The van der Waals surface area contributed by atoms with E-state index in [1.165, 1.54) is 0 Å². The Morgan fingerprint density at radius 3 is 2.29 bits per heavy atom. The third kappa shape index (κ3) is 5.41. The summed E-state index contributed by atoms with van der Waals surface area (Å²) in [4.78, 5) is 18.0. The predicted molar refractivity (Wildman–Crippen MR) is 114 cm³/mol. The van der Waals surface area contributed by atoms with Gasteiger partial charge in [0.05, 0.1) is 6.61 Å².